The number of nitrogens with one attached hydrogen (secondary N) is 1. The van der Waals surface area contributed by atoms with Gasteiger partial charge in [0.2, 0.25) is 11.8 Å². The smallest absolute Gasteiger partial charge is 0.295 e. The van der Waals surface area contributed by atoms with Gasteiger partial charge in [0.05, 0.1) is 35.7 Å². The second-order valence-electron chi connectivity index (χ2n) is 6.59. The number of anilines is 2. The molecule has 0 unspecified atom stereocenters. The summed E-state index contributed by atoms with van der Waals surface area (Å²) in [6, 6.07) is 2.63. The third-order valence-corrected chi connectivity index (χ3v) is 5.18. The van der Waals surface area contributed by atoms with E-state index in [0.717, 1.165) is 0 Å². The second kappa shape index (κ2) is 6.20. The maximum Gasteiger partial charge on any atom is 0.295 e. The van der Waals surface area contributed by atoms with Crippen molar-refractivity contribution in [3.05, 3.63) is 28.1 Å². The number of fused-ring (bicyclic) bond motifs is 1. The molecule has 26 heavy (non-hydrogen) atoms. The van der Waals surface area contributed by atoms with Crippen molar-refractivity contribution in [1.82, 2.24) is 5.32 Å². The Bertz CT molecular complexity index is 773. The summed E-state index contributed by atoms with van der Waals surface area (Å²) in [5, 5.41) is 13.6. The van der Waals surface area contributed by atoms with Crippen molar-refractivity contribution in [3.8, 4) is 0 Å². The van der Waals surface area contributed by atoms with Gasteiger partial charge in [0, 0.05) is 32.2 Å². The molecule has 1 aromatic carbocycles. The van der Waals surface area contributed by atoms with Crippen molar-refractivity contribution >= 4 is 28.9 Å². The third-order valence-electron chi connectivity index (χ3n) is 5.18. The first-order chi connectivity index (χ1) is 12.5. The molecule has 0 spiro atoms. The van der Waals surface area contributed by atoms with Crippen molar-refractivity contribution < 1.29 is 23.6 Å². The van der Waals surface area contributed by atoms with E-state index in [1.54, 1.807) is 9.80 Å². The van der Waals surface area contributed by atoms with Crippen LogP contribution in [0.25, 0.3) is 0 Å². The Labute approximate surface area is 147 Å². The molecule has 3 aliphatic heterocycles. The van der Waals surface area contributed by atoms with Gasteiger partial charge in [-0.15, -0.1) is 0 Å². The number of carbonyl (C=O) groups excluding carboxylic acids is 2. The number of halogens is 1. The molecule has 0 radical (unpaired) electrons. The number of imide groups is 1. The Morgan fingerprint density at radius 3 is 2.31 bits per heavy atom. The number of hydrogen-bond acceptors (Lipinski definition) is 7. The number of carbonyl (C=O) groups is 2. The van der Waals surface area contributed by atoms with Gasteiger partial charge in [0.15, 0.2) is 11.5 Å². The minimum atomic E-state index is -0.700. The SMILES string of the molecule is O=C1NC(=O)[C@@H]2CN(c3ccc([N+](=O)[O-])c(N4CCOCC4)c3F)C[C@H]12. The Morgan fingerprint density at radius 1 is 1.12 bits per heavy atom. The van der Waals surface area contributed by atoms with Gasteiger partial charge in [-0.3, -0.25) is 25.0 Å². The van der Waals surface area contributed by atoms with Crippen molar-refractivity contribution in [3.63, 3.8) is 0 Å². The first-order valence-corrected chi connectivity index (χ1v) is 8.36. The van der Waals surface area contributed by atoms with Crippen LogP contribution in [0.3, 0.4) is 0 Å². The number of rotatable bonds is 3. The molecule has 1 N–H and O–H groups in total. The number of morpholine rings is 1. The summed E-state index contributed by atoms with van der Waals surface area (Å²) in [7, 11) is 0. The lowest BCUT2D eigenvalue weighted by Gasteiger charge is -2.30. The van der Waals surface area contributed by atoms with Gasteiger partial charge in [0.25, 0.3) is 5.69 Å². The highest BCUT2D eigenvalue weighted by Crippen LogP contribution is 2.40. The fraction of sp³-hybridized carbons (Fsp3) is 0.500. The van der Waals surface area contributed by atoms with E-state index in [9.17, 15) is 19.7 Å². The zero-order valence-corrected chi connectivity index (χ0v) is 13.8. The molecule has 3 saturated heterocycles. The average Bonchev–Trinajstić information content (AvgIpc) is 3.17. The summed E-state index contributed by atoms with van der Waals surface area (Å²) in [4.78, 5) is 37.6. The maximum atomic E-state index is 15.3. The van der Waals surface area contributed by atoms with E-state index >= 15 is 4.39 Å². The van der Waals surface area contributed by atoms with E-state index in [4.69, 9.17) is 4.74 Å². The van der Waals surface area contributed by atoms with Crippen LogP contribution in [-0.4, -0.2) is 56.1 Å². The number of benzene rings is 1. The van der Waals surface area contributed by atoms with Crippen LogP contribution in [0, 0.1) is 27.8 Å². The van der Waals surface area contributed by atoms with Gasteiger partial charge in [0.1, 0.15) is 0 Å². The fourth-order valence-electron chi connectivity index (χ4n) is 3.86. The molecule has 0 aromatic heterocycles. The third kappa shape index (κ3) is 2.57. The standard InChI is InChI=1S/C16H17FN4O5/c17-13-11(20-7-9-10(8-20)16(23)18-15(9)22)1-2-12(21(24)25)14(13)19-3-5-26-6-4-19/h1-2,9-10H,3-8H2,(H,18,22,23)/t9-,10+. The zero-order chi connectivity index (χ0) is 18.4. The highest BCUT2D eigenvalue weighted by Gasteiger charge is 2.48. The lowest BCUT2D eigenvalue weighted by molar-refractivity contribution is -0.384. The first-order valence-electron chi connectivity index (χ1n) is 8.36. The minimum absolute atomic E-state index is 0.0661. The van der Waals surface area contributed by atoms with E-state index in [-0.39, 0.29) is 42.0 Å². The van der Waals surface area contributed by atoms with E-state index in [0.29, 0.717) is 26.3 Å². The van der Waals surface area contributed by atoms with E-state index < -0.39 is 22.6 Å². The quantitative estimate of drug-likeness (QED) is 0.467. The van der Waals surface area contributed by atoms with E-state index in [1.165, 1.54) is 12.1 Å². The average molecular weight is 364 g/mol. The van der Waals surface area contributed by atoms with Gasteiger partial charge >= 0.3 is 0 Å². The molecule has 10 heteroatoms. The molecule has 0 aliphatic carbocycles. The number of nitro benzene ring substituents is 1. The van der Waals surface area contributed by atoms with Crippen molar-refractivity contribution in [1.29, 1.82) is 0 Å². The van der Waals surface area contributed by atoms with Crippen molar-refractivity contribution in [2.45, 2.75) is 0 Å². The Kier molecular flexibility index (Phi) is 3.98. The van der Waals surface area contributed by atoms with Crippen LogP contribution < -0.4 is 15.1 Å². The zero-order valence-electron chi connectivity index (χ0n) is 13.8. The summed E-state index contributed by atoms with van der Waals surface area (Å²) in [6.45, 7) is 1.85. The van der Waals surface area contributed by atoms with Gasteiger partial charge in [-0.2, -0.15) is 0 Å². The normalized spacial score (nSPS) is 25.4. The first kappa shape index (κ1) is 16.7. The molecule has 9 nitrogen and oxygen atoms in total. The minimum Gasteiger partial charge on any atom is -0.378 e. The Hall–Kier alpha value is -2.75. The van der Waals surface area contributed by atoms with Gasteiger partial charge in [-0.05, 0) is 6.07 Å². The number of nitrogens with zero attached hydrogens (tertiary/aromatic N) is 3. The van der Waals surface area contributed by atoms with Crippen LogP contribution in [0.15, 0.2) is 12.1 Å². The summed E-state index contributed by atoms with van der Waals surface area (Å²) in [6.07, 6.45) is 0. The lowest BCUT2D eigenvalue weighted by Crippen LogP contribution is -2.37. The molecular weight excluding hydrogens is 347 g/mol. The maximum absolute atomic E-state index is 15.3. The Morgan fingerprint density at radius 2 is 1.73 bits per heavy atom. The molecule has 1 aromatic rings. The van der Waals surface area contributed by atoms with Crippen LogP contribution in [0.5, 0.6) is 0 Å². The van der Waals surface area contributed by atoms with E-state index in [2.05, 4.69) is 5.32 Å². The highest BCUT2D eigenvalue weighted by molar-refractivity contribution is 6.06. The highest BCUT2D eigenvalue weighted by atomic mass is 19.1. The molecular formula is C16H17FN4O5. The molecule has 3 heterocycles. The fourth-order valence-corrected chi connectivity index (χ4v) is 3.86. The molecule has 0 saturated carbocycles. The topological polar surface area (TPSA) is 105 Å². The van der Waals surface area contributed by atoms with Crippen LogP contribution in [0.1, 0.15) is 0 Å². The number of hydrogen-bond donors (Lipinski definition) is 1. The lowest BCUT2D eigenvalue weighted by atomic mass is 10.00. The van der Waals surface area contributed by atoms with Crippen molar-refractivity contribution in [2.75, 3.05) is 49.2 Å². The predicted molar refractivity (Wildman–Crippen MR) is 88.4 cm³/mol. The molecule has 4 rings (SSSR count). The van der Waals surface area contributed by atoms with Crippen LogP contribution >= 0.6 is 0 Å². The van der Waals surface area contributed by atoms with Crippen LogP contribution in [0.2, 0.25) is 0 Å². The summed E-state index contributed by atoms with van der Waals surface area (Å²) in [5.41, 5.74) is -0.197. The number of nitro groups is 1. The van der Waals surface area contributed by atoms with Crippen LogP contribution in [-0.2, 0) is 14.3 Å². The molecule has 138 valence electrons. The van der Waals surface area contributed by atoms with Gasteiger partial charge < -0.3 is 14.5 Å². The monoisotopic (exact) mass is 364 g/mol. The molecule has 0 bridgehead atoms. The van der Waals surface area contributed by atoms with E-state index in [1.807, 2.05) is 0 Å². The van der Waals surface area contributed by atoms with Crippen LogP contribution in [0.4, 0.5) is 21.5 Å². The summed E-state index contributed by atoms with van der Waals surface area (Å²) >= 11 is 0. The Balaban J connectivity index is 1.70. The number of ether oxygens (including phenoxy) is 1. The molecule has 3 fully saturated rings. The molecule has 2 amide bonds. The number of amides is 2. The largest absolute Gasteiger partial charge is 0.378 e. The van der Waals surface area contributed by atoms with Crippen molar-refractivity contribution in [2.24, 2.45) is 11.8 Å². The van der Waals surface area contributed by atoms with Gasteiger partial charge in [-0.25, -0.2) is 4.39 Å². The predicted octanol–water partition coefficient (Wildman–Crippen LogP) is 0.279. The van der Waals surface area contributed by atoms with Gasteiger partial charge in [-0.1, -0.05) is 0 Å². The second-order valence-corrected chi connectivity index (χ2v) is 6.59. The molecule has 3 aliphatic rings. The molecule has 2 atom stereocenters. The summed E-state index contributed by atoms with van der Waals surface area (Å²) < 4.78 is 20.5. The summed E-state index contributed by atoms with van der Waals surface area (Å²) in [5.74, 6) is -2.42.